The van der Waals surface area contributed by atoms with E-state index in [0.29, 0.717) is 18.0 Å². The Hall–Kier alpha value is -1.03. The largest absolute Gasteiger partial charge is 0.387 e. The van der Waals surface area contributed by atoms with Gasteiger partial charge in [0, 0.05) is 21.6 Å². The molecule has 1 heterocycles. The fraction of sp³-hybridized carbons (Fsp3) is 0.273. The summed E-state index contributed by atoms with van der Waals surface area (Å²) < 4.78 is 0. The van der Waals surface area contributed by atoms with E-state index in [-0.39, 0.29) is 0 Å². The minimum atomic E-state index is -0.543. The third kappa shape index (κ3) is 2.00. The van der Waals surface area contributed by atoms with Gasteiger partial charge in [0.25, 0.3) is 0 Å². The molecule has 0 aliphatic rings. The molecule has 1 aromatic carbocycles. The van der Waals surface area contributed by atoms with E-state index < -0.39 is 6.10 Å². The molecule has 2 rings (SSSR count). The summed E-state index contributed by atoms with van der Waals surface area (Å²) in [5, 5.41) is 11.4. The molecule has 1 atom stereocenters. The zero-order chi connectivity index (χ0) is 10.8. The van der Waals surface area contributed by atoms with Crippen LogP contribution in [0.5, 0.6) is 0 Å². The summed E-state index contributed by atoms with van der Waals surface area (Å²) in [7, 11) is 0. The van der Waals surface area contributed by atoms with Gasteiger partial charge in [-0.1, -0.05) is 17.7 Å². The van der Waals surface area contributed by atoms with Crippen LogP contribution in [0.25, 0.3) is 10.9 Å². The zero-order valence-corrected chi connectivity index (χ0v) is 8.96. The van der Waals surface area contributed by atoms with Gasteiger partial charge in [-0.15, -0.1) is 0 Å². The molecule has 1 aromatic heterocycles. The van der Waals surface area contributed by atoms with E-state index in [2.05, 4.69) is 4.98 Å². The maximum atomic E-state index is 9.76. The van der Waals surface area contributed by atoms with Gasteiger partial charge >= 0.3 is 0 Å². The highest BCUT2D eigenvalue weighted by Crippen LogP contribution is 2.27. The van der Waals surface area contributed by atoms with Gasteiger partial charge in [-0.05, 0) is 31.2 Å². The van der Waals surface area contributed by atoms with Crippen LogP contribution in [0.4, 0.5) is 0 Å². The number of benzene rings is 1. The van der Waals surface area contributed by atoms with Crippen molar-refractivity contribution in [2.45, 2.75) is 12.5 Å². The van der Waals surface area contributed by atoms with Gasteiger partial charge in [0.05, 0.1) is 6.10 Å². The summed E-state index contributed by atoms with van der Waals surface area (Å²) >= 11 is 6.03. The Morgan fingerprint density at radius 3 is 2.93 bits per heavy atom. The minimum Gasteiger partial charge on any atom is -0.387 e. The lowest BCUT2D eigenvalue weighted by atomic mass is 10.2. The van der Waals surface area contributed by atoms with Gasteiger partial charge in [0.15, 0.2) is 0 Å². The lowest BCUT2D eigenvalue weighted by Crippen LogP contribution is -2.06. The SMILES string of the molecule is NCCC(O)c1cc2c(Cl)cccc2[nH]1. The number of aromatic nitrogens is 1. The van der Waals surface area contributed by atoms with Crippen molar-refractivity contribution >= 4 is 22.5 Å². The van der Waals surface area contributed by atoms with E-state index in [9.17, 15) is 5.11 Å². The van der Waals surface area contributed by atoms with Crippen molar-refractivity contribution in [1.29, 1.82) is 0 Å². The summed E-state index contributed by atoms with van der Waals surface area (Å²) in [5.41, 5.74) is 7.10. The van der Waals surface area contributed by atoms with Crippen molar-refractivity contribution in [3.63, 3.8) is 0 Å². The van der Waals surface area contributed by atoms with Gasteiger partial charge in [0.1, 0.15) is 0 Å². The van der Waals surface area contributed by atoms with Crippen LogP contribution in [0.15, 0.2) is 24.3 Å². The third-order valence-electron chi connectivity index (χ3n) is 2.43. The van der Waals surface area contributed by atoms with Crippen LogP contribution in [-0.2, 0) is 0 Å². The van der Waals surface area contributed by atoms with Crippen LogP contribution in [0.3, 0.4) is 0 Å². The Balaban J connectivity index is 2.43. The summed E-state index contributed by atoms with van der Waals surface area (Å²) in [6.07, 6.45) is 0.00299. The molecular weight excluding hydrogens is 212 g/mol. The predicted octanol–water partition coefficient (Wildman–Crippen LogP) is 2.20. The average molecular weight is 225 g/mol. The molecule has 0 amide bonds. The van der Waals surface area contributed by atoms with E-state index in [0.717, 1.165) is 16.6 Å². The molecular formula is C11H13ClN2O. The maximum Gasteiger partial charge on any atom is 0.0950 e. The lowest BCUT2D eigenvalue weighted by molar-refractivity contribution is 0.166. The fourth-order valence-corrected chi connectivity index (χ4v) is 1.86. The molecule has 15 heavy (non-hydrogen) atoms. The molecule has 3 nitrogen and oxygen atoms in total. The second-order valence-corrected chi connectivity index (χ2v) is 3.93. The molecule has 0 fully saturated rings. The number of nitrogens with one attached hydrogen (secondary N) is 1. The van der Waals surface area contributed by atoms with Crippen LogP contribution >= 0.6 is 11.6 Å². The number of rotatable bonds is 3. The van der Waals surface area contributed by atoms with Crippen molar-refractivity contribution in [3.05, 3.63) is 35.0 Å². The number of aliphatic hydroxyl groups is 1. The van der Waals surface area contributed by atoms with Gasteiger partial charge in [-0.25, -0.2) is 0 Å². The third-order valence-corrected chi connectivity index (χ3v) is 2.76. The first-order valence-corrected chi connectivity index (χ1v) is 5.25. The van der Waals surface area contributed by atoms with Gasteiger partial charge in [-0.2, -0.15) is 0 Å². The standard InChI is InChI=1S/C11H13ClN2O/c12-8-2-1-3-9-7(8)6-10(14-9)11(15)4-5-13/h1-3,6,11,14-15H,4-5,13H2. The summed E-state index contributed by atoms with van der Waals surface area (Å²) in [4.78, 5) is 3.13. The average Bonchev–Trinajstić information content (AvgIpc) is 2.63. The quantitative estimate of drug-likeness (QED) is 0.749. The van der Waals surface area contributed by atoms with Crippen molar-refractivity contribution < 1.29 is 5.11 Å². The normalized spacial score (nSPS) is 13.3. The Morgan fingerprint density at radius 2 is 2.27 bits per heavy atom. The van der Waals surface area contributed by atoms with Gasteiger partial charge in [0.2, 0.25) is 0 Å². The number of nitrogens with two attached hydrogens (primary N) is 1. The maximum absolute atomic E-state index is 9.76. The predicted molar refractivity (Wildman–Crippen MR) is 61.9 cm³/mol. The Kier molecular flexibility index (Phi) is 2.95. The first kappa shape index (κ1) is 10.5. The van der Waals surface area contributed by atoms with E-state index in [1.807, 2.05) is 24.3 Å². The summed E-state index contributed by atoms with van der Waals surface area (Å²) in [6.45, 7) is 0.463. The van der Waals surface area contributed by atoms with Gasteiger partial charge < -0.3 is 15.8 Å². The molecule has 0 radical (unpaired) electrons. The Labute approximate surface area is 92.9 Å². The first-order chi connectivity index (χ1) is 7.22. The lowest BCUT2D eigenvalue weighted by Gasteiger charge is -2.05. The Morgan fingerprint density at radius 1 is 1.47 bits per heavy atom. The van der Waals surface area contributed by atoms with Crippen molar-refractivity contribution in [2.24, 2.45) is 5.73 Å². The Bertz CT molecular complexity index is 467. The molecule has 1 unspecified atom stereocenters. The van der Waals surface area contributed by atoms with Crippen molar-refractivity contribution in [1.82, 2.24) is 4.98 Å². The highest BCUT2D eigenvalue weighted by atomic mass is 35.5. The van der Waals surface area contributed by atoms with Crippen molar-refractivity contribution in [2.75, 3.05) is 6.54 Å². The van der Waals surface area contributed by atoms with E-state index >= 15 is 0 Å². The monoisotopic (exact) mass is 224 g/mol. The fourth-order valence-electron chi connectivity index (χ4n) is 1.63. The molecule has 4 N–H and O–H groups in total. The van der Waals surface area contributed by atoms with E-state index in [1.54, 1.807) is 0 Å². The number of halogens is 1. The minimum absolute atomic E-state index is 0.463. The van der Waals surface area contributed by atoms with Crippen LogP contribution in [0.1, 0.15) is 18.2 Å². The molecule has 2 aromatic rings. The second kappa shape index (κ2) is 4.23. The van der Waals surface area contributed by atoms with Crippen molar-refractivity contribution in [3.8, 4) is 0 Å². The molecule has 0 aliphatic carbocycles. The van der Waals surface area contributed by atoms with Crippen LogP contribution in [-0.4, -0.2) is 16.6 Å². The second-order valence-electron chi connectivity index (χ2n) is 3.52. The summed E-state index contributed by atoms with van der Waals surface area (Å²) in [5.74, 6) is 0. The molecule has 4 heteroatoms. The number of H-pyrrole nitrogens is 1. The molecule has 0 saturated heterocycles. The topological polar surface area (TPSA) is 62.0 Å². The van der Waals surface area contributed by atoms with E-state index in [4.69, 9.17) is 17.3 Å². The number of fused-ring (bicyclic) bond motifs is 1. The van der Waals surface area contributed by atoms with E-state index in [1.165, 1.54) is 0 Å². The number of hydrogen-bond donors (Lipinski definition) is 3. The first-order valence-electron chi connectivity index (χ1n) is 4.87. The van der Waals surface area contributed by atoms with Gasteiger partial charge in [-0.3, -0.25) is 0 Å². The molecule has 80 valence electrons. The highest BCUT2D eigenvalue weighted by molar-refractivity contribution is 6.35. The molecule has 0 spiro atoms. The molecule has 0 aliphatic heterocycles. The number of aromatic amines is 1. The van der Waals surface area contributed by atoms with Crippen LogP contribution in [0, 0.1) is 0 Å². The van der Waals surface area contributed by atoms with Crippen LogP contribution < -0.4 is 5.73 Å². The van der Waals surface area contributed by atoms with Crippen LogP contribution in [0.2, 0.25) is 5.02 Å². The highest BCUT2D eigenvalue weighted by Gasteiger charge is 2.10. The number of aliphatic hydroxyl groups excluding tert-OH is 1. The number of hydrogen-bond acceptors (Lipinski definition) is 2. The summed E-state index contributed by atoms with van der Waals surface area (Å²) in [6, 6.07) is 7.51. The molecule has 0 bridgehead atoms. The smallest absolute Gasteiger partial charge is 0.0950 e. The zero-order valence-electron chi connectivity index (χ0n) is 8.20. The molecule has 0 saturated carbocycles.